The van der Waals surface area contributed by atoms with Crippen LogP contribution in [0.5, 0.6) is 0 Å². The highest BCUT2D eigenvalue weighted by Crippen LogP contribution is 2.50. The molecule has 1 saturated carbocycles. The Balaban J connectivity index is 1.47. The van der Waals surface area contributed by atoms with E-state index in [1.165, 1.54) is 25.2 Å². The number of hydrogen-bond acceptors (Lipinski definition) is 7. The standard InChI is InChI=1S/C24H29ClN2O6S2/c1-23(2,19(29)12-28)35(32,33)24(8-9-24)14-27-10-7-17-18(13-34-20(17)22(27)31)21(30)26-11-15-3-5-16(25)6-4-15/h3-6,13,19,28-29H,7-12,14H2,1-2H3,(H,26,30)/t19-/m0/s1. The van der Waals surface area contributed by atoms with Crippen LogP contribution in [0.25, 0.3) is 0 Å². The first-order valence-electron chi connectivity index (χ1n) is 11.4. The van der Waals surface area contributed by atoms with Crippen LogP contribution in [0, 0.1) is 0 Å². The largest absolute Gasteiger partial charge is 0.394 e. The number of thiophene rings is 1. The average molecular weight is 541 g/mol. The van der Waals surface area contributed by atoms with Crippen molar-refractivity contribution in [1.29, 1.82) is 0 Å². The molecular formula is C24H29ClN2O6S2. The number of amides is 2. The summed E-state index contributed by atoms with van der Waals surface area (Å²) in [6, 6.07) is 7.16. The van der Waals surface area contributed by atoms with Crippen molar-refractivity contribution in [1.82, 2.24) is 10.2 Å². The van der Waals surface area contributed by atoms with Crippen LogP contribution in [0.3, 0.4) is 0 Å². The summed E-state index contributed by atoms with van der Waals surface area (Å²) >= 11 is 7.09. The van der Waals surface area contributed by atoms with Crippen molar-refractivity contribution in [3.63, 3.8) is 0 Å². The molecule has 0 radical (unpaired) electrons. The lowest BCUT2D eigenvalue weighted by molar-refractivity contribution is 0.0676. The Morgan fingerprint density at radius 2 is 1.94 bits per heavy atom. The number of aliphatic hydroxyl groups excluding tert-OH is 2. The van der Waals surface area contributed by atoms with Crippen LogP contribution >= 0.6 is 22.9 Å². The van der Waals surface area contributed by atoms with Crippen molar-refractivity contribution < 1.29 is 28.2 Å². The minimum atomic E-state index is -3.86. The van der Waals surface area contributed by atoms with Gasteiger partial charge in [-0.2, -0.15) is 0 Å². The maximum Gasteiger partial charge on any atom is 0.264 e. The predicted octanol–water partition coefficient (Wildman–Crippen LogP) is 2.41. The first-order valence-corrected chi connectivity index (χ1v) is 14.1. The molecule has 2 aromatic rings. The molecule has 2 amide bonds. The van der Waals surface area contributed by atoms with Crippen molar-refractivity contribution in [3.05, 3.63) is 56.2 Å². The zero-order valence-electron chi connectivity index (χ0n) is 19.6. The fourth-order valence-corrected chi connectivity index (χ4v) is 8.19. The third-order valence-corrected chi connectivity index (χ3v) is 11.7. The molecule has 11 heteroatoms. The lowest BCUT2D eigenvalue weighted by Crippen LogP contribution is -2.55. The number of hydrogen-bond donors (Lipinski definition) is 3. The zero-order valence-corrected chi connectivity index (χ0v) is 22.0. The summed E-state index contributed by atoms with van der Waals surface area (Å²) in [6.45, 7) is 2.83. The molecule has 0 bridgehead atoms. The fraction of sp³-hybridized carbons (Fsp3) is 0.500. The molecule has 0 unspecified atom stereocenters. The van der Waals surface area contributed by atoms with Crippen LogP contribution in [0.4, 0.5) is 0 Å². The Morgan fingerprint density at radius 3 is 2.54 bits per heavy atom. The number of fused-ring (bicyclic) bond motifs is 1. The Morgan fingerprint density at radius 1 is 1.29 bits per heavy atom. The SMILES string of the molecule is CC(C)([C@@H](O)CO)S(=O)(=O)C1(CN2CCc3c(C(=O)NCc4ccc(Cl)cc4)csc3C2=O)CC1. The number of benzene rings is 1. The summed E-state index contributed by atoms with van der Waals surface area (Å²) in [5.74, 6) is -0.547. The maximum atomic E-state index is 13.4. The fourth-order valence-electron chi connectivity index (χ4n) is 4.48. The number of nitrogens with one attached hydrogen (secondary N) is 1. The van der Waals surface area contributed by atoms with E-state index in [1.54, 1.807) is 22.4 Å². The second-order valence-corrected chi connectivity index (χ2v) is 14.0. The molecule has 0 saturated heterocycles. The molecule has 35 heavy (non-hydrogen) atoms. The molecule has 8 nitrogen and oxygen atoms in total. The smallest absolute Gasteiger partial charge is 0.264 e. The third-order valence-electron chi connectivity index (χ3n) is 7.14. The van der Waals surface area contributed by atoms with Gasteiger partial charge in [-0.05, 0) is 56.4 Å². The van der Waals surface area contributed by atoms with E-state index < -0.39 is 32.0 Å². The highest BCUT2D eigenvalue weighted by atomic mass is 35.5. The van der Waals surface area contributed by atoms with E-state index in [9.17, 15) is 28.2 Å². The molecule has 2 aliphatic rings. The van der Waals surface area contributed by atoms with Gasteiger partial charge >= 0.3 is 0 Å². The highest BCUT2D eigenvalue weighted by molar-refractivity contribution is 7.94. The van der Waals surface area contributed by atoms with Gasteiger partial charge in [-0.15, -0.1) is 11.3 Å². The van der Waals surface area contributed by atoms with Gasteiger partial charge in [0.25, 0.3) is 11.8 Å². The summed E-state index contributed by atoms with van der Waals surface area (Å²) < 4.78 is 24.1. The monoisotopic (exact) mass is 540 g/mol. The van der Waals surface area contributed by atoms with Crippen LogP contribution in [-0.2, 0) is 22.8 Å². The number of nitrogens with zero attached hydrogens (tertiary/aromatic N) is 1. The number of aliphatic hydroxyl groups is 2. The summed E-state index contributed by atoms with van der Waals surface area (Å²) in [5.41, 5.74) is 2.06. The van der Waals surface area contributed by atoms with E-state index in [0.29, 0.717) is 53.4 Å². The molecule has 3 N–H and O–H groups in total. The Kier molecular flexibility index (Phi) is 7.07. The molecule has 1 aromatic carbocycles. The van der Waals surface area contributed by atoms with Gasteiger partial charge in [0.2, 0.25) is 0 Å². The minimum absolute atomic E-state index is 0.0329. The van der Waals surface area contributed by atoms with Crippen molar-refractivity contribution in [2.45, 2.75) is 55.3 Å². The molecule has 1 fully saturated rings. The molecule has 1 aliphatic carbocycles. The number of carbonyl (C=O) groups is 2. The minimum Gasteiger partial charge on any atom is -0.394 e. The summed E-state index contributed by atoms with van der Waals surface area (Å²) in [5, 5.41) is 24.6. The van der Waals surface area contributed by atoms with Gasteiger partial charge in [0.15, 0.2) is 9.84 Å². The molecule has 4 rings (SSSR count). The normalized spacial score (nSPS) is 18.2. The molecular weight excluding hydrogens is 512 g/mol. The lowest BCUT2D eigenvalue weighted by Gasteiger charge is -2.36. The lowest BCUT2D eigenvalue weighted by atomic mass is 10.0. The second kappa shape index (κ2) is 9.48. The van der Waals surface area contributed by atoms with Gasteiger partial charge in [0, 0.05) is 30.0 Å². The van der Waals surface area contributed by atoms with Crippen LogP contribution in [0.15, 0.2) is 29.6 Å². The topological polar surface area (TPSA) is 124 Å². The Labute approximate surface area is 213 Å². The van der Waals surface area contributed by atoms with E-state index in [4.69, 9.17) is 11.6 Å². The summed E-state index contributed by atoms with van der Waals surface area (Å²) in [6.07, 6.45) is -0.167. The number of sulfone groups is 1. The van der Waals surface area contributed by atoms with Crippen LogP contribution in [0.2, 0.25) is 5.02 Å². The molecule has 0 spiro atoms. The average Bonchev–Trinajstić information content (AvgIpc) is 3.50. The predicted molar refractivity (Wildman–Crippen MR) is 135 cm³/mol. The van der Waals surface area contributed by atoms with Gasteiger partial charge < -0.3 is 20.4 Å². The molecule has 190 valence electrons. The quantitative estimate of drug-likeness (QED) is 0.449. The number of carbonyl (C=O) groups excluding carboxylic acids is 2. The van der Waals surface area contributed by atoms with Crippen molar-refractivity contribution in [3.8, 4) is 0 Å². The highest BCUT2D eigenvalue weighted by Gasteiger charge is 2.62. The maximum absolute atomic E-state index is 13.4. The molecule has 1 atom stereocenters. The van der Waals surface area contributed by atoms with Gasteiger partial charge in [-0.25, -0.2) is 8.42 Å². The van der Waals surface area contributed by atoms with E-state index in [0.717, 1.165) is 5.56 Å². The molecule has 1 aromatic heterocycles. The van der Waals surface area contributed by atoms with Crippen molar-refractivity contribution >= 4 is 44.6 Å². The first kappa shape index (κ1) is 26.1. The van der Waals surface area contributed by atoms with Gasteiger partial charge in [-0.1, -0.05) is 23.7 Å². The number of halogens is 1. The summed E-state index contributed by atoms with van der Waals surface area (Å²) in [4.78, 5) is 28.0. The van der Waals surface area contributed by atoms with Crippen molar-refractivity contribution in [2.24, 2.45) is 0 Å². The van der Waals surface area contributed by atoms with Crippen molar-refractivity contribution in [2.75, 3.05) is 19.7 Å². The molecule has 2 heterocycles. The first-order chi connectivity index (χ1) is 16.4. The van der Waals surface area contributed by atoms with E-state index >= 15 is 0 Å². The molecule has 1 aliphatic heterocycles. The van der Waals surface area contributed by atoms with E-state index in [-0.39, 0.29) is 18.4 Å². The van der Waals surface area contributed by atoms with Crippen LogP contribution < -0.4 is 5.32 Å². The van der Waals surface area contributed by atoms with Crippen LogP contribution in [-0.4, -0.2) is 70.6 Å². The van der Waals surface area contributed by atoms with Gasteiger partial charge in [0.05, 0.1) is 32.6 Å². The van der Waals surface area contributed by atoms with E-state index in [1.807, 2.05) is 12.1 Å². The van der Waals surface area contributed by atoms with Gasteiger partial charge in [-0.3, -0.25) is 9.59 Å². The second-order valence-electron chi connectivity index (χ2n) is 9.73. The Hall–Kier alpha value is -1.98. The Bertz CT molecular complexity index is 1240. The zero-order chi connectivity index (χ0) is 25.6. The summed E-state index contributed by atoms with van der Waals surface area (Å²) in [7, 11) is -3.86. The third kappa shape index (κ3) is 4.62. The van der Waals surface area contributed by atoms with E-state index in [2.05, 4.69) is 5.32 Å². The van der Waals surface area contributed by atoms with Gasteiger partial charge in [0.1, 0.15) is 0 Å². The van der Waals surface area contributed by atoms with Crippen LogP contribution in [0.1, 0.15) is 57.8 Å². The number of rotatable bonds is 9.